The first-order valence-electron chi connectivity index (χ1n) is 7.58. The second-order valence-corrected chi connectivity index (χ2v) is 6.15. The Morgan fingerprint density at radius 1 is 1.00 bits per heavy atom. The zero-order chi connectivity index (χ0) is 18.2. The second-order valence-electron chi connectivity index (χ2n) is 5.23. The van der Waals surface area contributed by atoms with Gasteiger partial charge in [-0.1, -0.05) is 28.1 Å². The number of carbonyl (C=O) groups excluding carboxylic acids is 2. The average molecular weight is 407 g/mol. The molecule has 2 rings (SSSR count). The van der Waals surface area contributed by atoms with Gasteiger partial charge in [-0.15, -0.1) is 0 Å². The fourth-order valence-electron chi connectivity index (χ4n) is 2.15. The van der Waals surface area contributed by atoms with Crippen LogP contribution in [-0.2, 0) is 11.2 Å². The molecule has 0 spiro atoms. The predicted octanol–water partition coefficient (Wildman–Crippen LogP) is 2.86. The van der Waals surface area contributed by atoms with E-state index < -0.39 is 5.91 Å². The number of benzene rings is 2. The van der Waals surface area contributed by atoms with Gasteiger partial charge in [-0.3, -0.25) is 20.4 Å². The standard InChI is InChI=1S/C18H19BrN2O4/c1-24-15-9-13(10-16(11-15)25-2)18(23)21-20-17(22)7-6-12-4-3-5-14(19)8-12/h3-5,8-11H,6-7H2,1-2H3,(H,20,22)(H,21,23). The van der Waals surface area contributed by atoms with Gasteiger partial charge in [-0.05, 0) is 36.2 Å². The summed E-state index contributed by atoms with van der Waals surface area (Å²) in [6.07, 6.45) is 0.840. The van der Waals surface area contributed by atoms with Crippen molar-refractivity contribution in [1.29, 1.82) is 0 Å². The van der Waals surface area contributed by atoms with Gasteiger partial charge in [-0.2, -0.15) is 0 Å². The Bertz CT molecular complexity index is 742. The van der Waals surface area contributed by atoms with Gasteiger partial charge >= 0.3 is 0 Å². The van der Waals surface area contributed by atoms with Crippen LogP contribution in [0.15, 0.2) is 46.9 Å². The molecule has 0 fully saturated rings. The first-order chi connectivity index (χ1) is 12.0. The summed E-state index contributed by atoms with van der Waals surface area (Å²) in [6, 6.07) is 12.5. The Morgan fingerprint density at radius 3 is 2.28 bits per heavy atom. The summed E-state index contributed by atoms with van der Waals surface area (Å²) >= 11 is 3.39. The Labute approximate surface area is 154 Å². The molecule has 132 valence electrons. The monoisotopic (exact) mass is 406 g/mol. The first kappa shape index (κ1) is 18.8. The van der Waals surface area contributed by atoms with E-state index >= 15 is 0 Å². The molecule has 0 saturated heterocycles. The van der Waals surface area contributed by atoms with Crippen LogP contribution in [0.3, 0.4) is 0 Å². The molecule has 25 heavy (non-hydrogen) atoms. The quantitative estimate of drug-likeness (QED) is 0.723. The molecule has 0 aliphatic rings. The van der Waals surface area contributed by atoms with Crippen molar-refractivity contribution in [1.82, 2.24) is 10.9 Å². The number of aryl methyl sites for hydroxylation is 1. The second kappa shape index (κ2) is 9.08. The van der Waals surface area contributed by atoms with Crippen molar-refractivity contribution in [3.63, 3.8) is 0 Å². The molecule has 0 saturated carbocycles. The Morgan fingerprint density at radius 2 is 1.68 bits per heavy atom. The molecular weight excluding hydrogens is 388 g/mol. The number of amides is 2. The Kier molecular flexibility index (Phi) is 6.82. The van der Waals surface area contributed by atoms with Crippen LogP contribution >= 0.6 is 15.9 Å². The minimum atomic E-state index is -0.451. The van der Waals surface area contributed by atoms with Crippen molar-refractivity contribution in [2.75, 3.05) is 14.2 Å². The lowest BCUT2D eigenvalue weighted by Gasteiger charge is -2.10. The van der Waals surface area contributed by atoms with Gasteiger partial charge < -0.3 is 9.47 Å². The third kappa shape index (κ3) is 5.79. The van der Waals surface area contributed by atoms with Gasteiger partial charge in [-0.25, -0.2) is 0 Å². The largest absolute Gasteiger partial charge is 0.497 e. The lowest BCUT2D eigenvalue weighted by atomic mass is 10.1. The van der Waals surface area contributed by atoms with E-state index in [4.69, 9.17) is 9.47 Å². The van der Waals surface area contributed by atoms with E-state index in [0.717, 1.165) is 10.0 Å². The topological polar surface area (TPSA) is 76.7 Å². The van der Waals surface area contributed by atoms with Crippen LogP contribution in [0.2, 0.25) is 0 Å². The zero-order valence-corrected chi connectivity index (χ0v) is 15.6. The van der Waals surface area contributed by atoms with E-state index in [-0.39, 0.29) is 12.3 Å². The first-order valence-corrected chi connectivity index (χ1v) is 8.38. The van der Waals surface area contributed by atoms with E-state index in [0.29, 0.717) is 23.5 Å². The van der Waals surface area contributed by atoms with Crippen molar-refractivity contribution in [3.05, 3.63) is 58.1 Å². The van der Waals surface area contributed by atoms with Gasteiger partial charge in [0.1, 0.15) is 11.5 Å². The van der Waals surface area contributed by atoms with Crippen molar-refractivity contribution in [3.8, 4) is 11.5 Å². The van der Waals surface area contributed by atoms with E-state index in [1.807, 2.05) is 24.3 Å². The average Bonchev–Trinajstić information content (AvgIpc) is 2.63. The van der Waals surface area contributed by atoms with Gasteiger partial charge in [0.15, 0.2) is 0 Å². The number of carbonyl (C=O) groups is 2. The van der Waals surface area contributed by atoms with Gasteiger partial charge in [0.2, 0.25) is 5.91 Å². The SMILES string of the molecule is COc1cc(OC)cc(C(=O)NNC(=O)CCc2cccc(Br)c2)c1. The van der Waals surface area contributed by atoms with Gasteiger partial charge in [0.05, 0.1) is 14.2 Å². The highest BCUT2D eigenvalue weighted by atomic mass is 79.9. The highest BCUT2D eigenvalue weighted by molar-refractivity contribution is 9.10. The van der Waals surface area contributed by atoms with Crippen LogP contribution in [-0.4, -0.2) is 26.0 Å². The number of halogens is 1. The minimum absolute atomic E-state index is 0.262. The van der Waals surface area contributed by atoms with Crippen LogP contribution in [0.5, 0.6) is 11.5 Å². The van der Waals surface area contributed by atoms with E-state index in [2.05, 4.69) is 26.8 Å². The maximum atomic E-state index is 12.2. The molecule has 2 N–H and O–H groups in total. The predicted molar refractivity (Wildman–Crippen MR) is 97.6 cm³/mol. The van der Waals surface area contributed by atoms with Crippen LogP contribution < -0.4 is 20.3 Å². The summed E-state index contributed by atoms with van der Waals surface area (Å²) < 4.78 is 11.2. The number of rotatable bonds is 6. The maximum Gasteiger partial charge on any atom is 0.269 e. The number of methoxy groups -OCH3 is 2. The molecule has 0 heterocycles. The molecule has 2 aromatic carbocycles. The van der Waals surface area contributed by atoms with Crippen molar-refractivity contribution >= 4 is 27.7 Å². The molecule has 0 aromatic heterocycles. The van der Waals surface area contributed by atoms with Crippen molar-refractivity contribution in [2.45, 2.75) is 12.8 Å². The van der Waals surface area contributed by atoms with Crippen LogP contribution in [0.25, 0.3) is 0 Å². The zero-order valence-electron chi connectivity index (χ0n) is 14.0. The summed E-state index contributed by atoms with van der Waals surface area (Å²) in [5.41, 5.74) is 6.16. The molecule has 0 aliphatic heterocycles. The van der Waals surface area contributed by atoms with E-state index in [9.17, 15) is 9.59 Å². The number of ether oxygens (including phenoxy) is 2. The van der Waals surface area contributed by atoms with Crippen LogP contribution in [0.4, 0.5) is 0 Å². The molecule has 0 atom stereocenters. The van der Waals surface area contributed by atoms with Crippen LogP contribution in [0, 0.1) is 0 Å². The minimum Gasteiger partial charge on any atom is -0.497 e. The molecular formula is C18H19BrN2O4. The highest BCUT2D eigenvalue weighted by Gasteiger charge is 2.11. The lowest BCUT2D eigenvalue weighted by Crippen LogP contribution is -2.41. The van der Waals surface area contributed by atoms with Crippen molar-refractivity contribution < 1.29 is 19.1 Å². The summed E-state index contributed by atoms with van der Waals surface area (Å²) in [5, 5.41) is 0. The van der Waals surface area contributed by atoms with E-state index in [1.54, 1.807) is 18.2 Å². The van der Waals surface area contributed by atoms with Crippen LogP contribution in [0.1, 0.15) is 22.3 Å². The number of nitrogens with one attached hydrogen (secondary N) is 2. The number of hydrogen-bond donors (Lipinski definition) is 2. The fourth-order valence-corrected chi connectivity index (χ4v) is 2.60. The fraction of sp³-hybridized carbons (Fsp3) is 0.222. The molecule has 6 nitrogen and oxygen atoms in total. The summed E-state index contributed by atoms with van der Waals surface area (Å²) in [4.78, 5) is 24.1. The molecule has 7 heteroatoms. The van der Waals surface area contributed by atoms with Gasteiger partial charge in [0, 0.05) is 22.5 Å². The van der Waals surface area contributed by atoms with E-state index in [1.165, 1.54) is 14.2 Å². The summed E-state index contributed by atoms with van der Waals surface area (Å²) in [7, 11) is 3.00. The number of hydrogen-bond acceptors (Lipinski definition) is 4. The molecule has 0 bridgehead atoms. The number of hydrazine groups is 1. The molecule has 2 amide bonds. The Balaban J connectivity index is 1.87. The van der Waals surface area contributed by atoms with Gasteiger partial charge in [0.25, 0.3) is 5.91 Å². The summed E-state index contributed by atoms with van der Waals surface area (Å²) in [6.45, 7) is 0. The Hall–Kier alpha value is -2.54. The third-order valence-electron chi connectivity index (χ3n) is 3.46. The molecule has 0 unspecified atom stereocenters. The highest BCUT2D eigenvalue weighted by Crippen LogP contribution is 2.22. The normalized spacial score (nSPS) is 10.0. The smallest absolute Gasteiger partial charge is 0.269 e. The molecule has 0 radical (unpaired) electrons. The van der Waals surface area contributed by atoms with Crippen molar-refractivity contribution in [2.24, 2.45) is 0 Å². The third-order valence-corrected chi connectivity index (χ3v) is 3.95. The lowest BCUT2D eigenvalue weighted by molar-refractivity contribution is -0.121. The maximum absolute atomic E-state index is 12.2. The molecule has 0 aliphatic carbocycles. The summed E-state index contributed by atoms with van der Waals surface area (Å²) in [5.74, 6) is 0.257. The molecule has 2 aromatic rings.